The topological polar surface area (TPSA) is 88.5 Å². The molecule has 1 aromatic rings. The summed E-state index contributed by atoms with van der Waals surface area (Å²) in [5.74, 6) is -1.48. The zero-order chi connectivity index (χ0) is 12.5. The second-order valence-electron chi connectivity index (χ2n) is 3.89. The Morgan fingerprint density at radius 3 is 2.88 bits per heavy atom. The molecule has 1 unspecified atom stereocenters. The van der Waals surface area contributed by atoms with Crippen molar-refractivity contribution in [2.75, 3.05) is 13.2 Å². The summed E-state index contributed by atoms with van der Waals surface area (Å²) in [5, 5.41) is 12.5. The van der Waals surface area contributed by atoms with Crippen LogP contribution in [-0.2, 0) is 9.53 Å². The van der Waals surface area contributed by atoms with Crippen LogP contribution in [0.25, 0.3) is 0 Å². The van der Waals surface area contributed by atoms with E-state index in [0.717, 1.165) is 5.01 Å². The third-order valence-corrected chi connectivity index (χ3v) is 3.54. The van der Waals surface area contributed by atoms with Gasteiger partial charge in [0.15, 0.2) is 5.54 Å². The van der Waals surface area contributed by atoms with E-state index in [4.69, 9.17) is 9.84 Å². The second-order valence-corrected chi connectivity index (χ2v) is 5.12. The summed E-state index contributed by atoms with van der Waals surface area (Å²) in [6, 6.07) is 0. The Morgan fingerprint density at radius 2 is 2.41 bits per heavy atom. The Kier molecular flexibility index (Phi) is 3.12. The lowest BCUT2D eigenvalue weighted by atomic mass is 9.99. The average molecular weight is 256 g/mol. The molecule has 1 aromatic heterocycles. The first-order valence-electron chi connectivity index (χ1n) is 5.10. The number of nitrogens with zero attached hydrogens (tertiary/aromatic N) is 1. The molecular formula is C10H12N2O4S. The van der Waals surface area contributed by atoms with Crippen LogP contribution in [0.1, 0.15) is 21.1 Å². The average Bonchev–Trinajstić information content (AvgIpc) is 2.87. The van der Waals surface area contributed by atoms with E-state index < -0.39 is 17.4 Å². The van der Waals surface area contributed by atoms with Crippen molar-refractivity contribution in [2.24, 2.45) is 0 Å². The maximum Gasteiger partial charge on any atom is 0.331 e. The van der Waals surface area contributed by atoms with Gasteiger partial charge in [-0.3, -0.25) is 4.79 Å². The monoisotopic (exact) mass is 256 g/mol. The number of carbonyl (C=O) groups is 2. The molecule has 0 radical (unpaired) electrons. The number of amides is 1. The molecule has 17 heavy (non-hydrogen) atoms. The normalized spacial score (nSPS) is 23.6. The number of carbonyl (C=O) groups excluding carboxylic acids is 1. The molecule has 1 aliphatic rings. The van der Waals surface area contributed by atoms with Gasteiger partial charge in [0, 0.05) is 13.0 Å². The highest BCUT2D eigenvalue weighted by molar-refractivity contribution is 7.13. The molecule has 1 atom stereocenters. The van der Waals surface area contributed by atoms with Gasteiger partial charge in [0.25, 0.3) is 5.91 Å². The number of aliphatic carboxylic acids is 1. The van der Waals surface area contributed by atoms with Crippen molar-refractivity contribution in [3.05, 3.63) is 16.1 Å². The summed E-state index contributed by atoms with van der Waals surface area (Å²) < 4.78 is 5.06. The fourth-order valence-corrected chi connectivity index (χ4v) is 2.30. The molecule has 0 aromatic carbocycles. The third kappa shape index (κ3) is 2.29. The van der Waals surface area contributed by atoms with Gasteiger partial charge in [-0.25, -0.2) is 9.78 Å². The minimum absolute atomic E-state index is 0.00581. The molecule has 0 bridgehead atoms. The number of rotatable bonds is 3. The molecule has 2 N–H and O–H groups in total. The number of thiazole rings is 1. The molecule has 7 heteroatoms. The van der Waals surface area contributed by atoms with Gasteiger partial charge < -0.3 is 15.2 Å². The molecule has 1 saturated heterocycles. The maximum absolute atomic E-state index is 11.9. The summed E-state index contributed by atoms with van der Waals surface area (Å²) in [7, 11) is 0. The minimum Gasteiger partial charge on any atom is -0.479 e. The third-order valence-electron chi connectivity index (χ3n) is 2.63. The summed E-state index contributed by atoms with van der Waals surface area (Å²) >= 11 is 1.23. The number of aromatic nitrogens is 1. The van der Waals surface area contributed by atoms with Crippen LogP contribution < -0.4 is 5.32 Å². The van der Waals surface area contributed by atoms with Gasteiger partial charge >= 0.3 is 5.97 Å². The van der Waals surface area contributed by atoms with Gasteiger partial charge in [0.1, 0.15) is 4.88 Å². The van der Waals surface area contributed by atoms with Crippen LogP contribution in [0.15, 0.2) is 6.20 Å². The van der Waals surface area contributed by atoms with Crippen LogP contribution in [0.5, 0.6) is 0 Å². The Balaban J connectivity index is 2.14. The number of hydrogen-bond donors (Lipinski definition) is 2. The van der Waals surface area contributed by atoms with E-state index in [2.05, 4.69) is 10.3 Å². The fraction of sp³-hybridized carbons (Fsp3) is 0.500. The molecular weight excluding hydrogens is 244 g/mol. The number of ether oxygens (including phenoxy) is 1. The lowest BCUT2D eigenvalue weighted by Crippen LogP contribution is -2.55. The molecule has 2 rings (SSSR count). The van der Waals surface area contributed by atoms with Crippen LogP contribution in [0.3, 0.4) is 0 Å². The van der Waals surface area contributed by atoms with E-state index in [0.29, 0.717) is 11.5 Å². The van der Waals surface area contributed by atoms with Gasteiger partial charge in [0.2, 0.25) is 0 Å². The largest absolute Gasteiger partial charge is 0.479 e. The molecule has 1 aliphatic heterocycles. The van der Waals surface area contributed by atoms with Gasteiger partial charge in [0.05, 0.1) is 17.8 Å². The van der Waals surface area contributed by atoms with Crippen molar-refractivity contribution < 1.29 is 19.4 Å². The zero-order valence-electron chi connectivity index (χ0n) is 9.23. The standard InChI is InChI=1S/C10H12N2O4S/c1-6-11-4-7(17-6)8(13)12-10(9(14)15)2-3-16-5-10/h4H,2-3,5H2,1H3,(H,12,13)(H,14,15). The Hall–Kier alpha value is -1.47. The highest BCUT2D eigenvalue weighted by Crippen LogP contribution is 2.21. The number of nitrogens with one attached hydrogen (secondary N) is 1. The van der Waals surface area contributed by atoms with Gasteiger partial charge in [-0.05, 0) is 6.92 Å². The molecule has 6 nitrogen and oxygen atoms in total. The van der Waals surface area contributed by atoms with E-state index >= 15 is 0 Å². The van der Waals surface area contributed by atoms with Gasteiger partial charge in [-0.15, -0.1) is 11.3 Å². The summed E-state index contributed by atoms with van der Waals surface area (Å²) in [4.78, 5) is 27.4. The van der Waals surface area contributed by atoms with Crippen molar-refractivity contribution in [1.82, 2.24) is 10.3 Å². The van der Waals surface area contributed by atoms with Crippen LogP contribution >= 0.6 is 11.3 Å². The van der Waals surface area contributed by atoms with Crippen LogP contribution in [-0.4, -0.2) is 40.7 Å². The predicted molar refractivity (Wildman–Crippen MR) is 60.1 cm³/mol. The van der Waals surface area contributed by atoms with E-state index in [9.17, 15) is 9.59 Å². The number of hydrogen-bond acceptors (Lipinski definition) is 5. The van der Waals surface area contributed by atoms with E-state index in [1.54, 1.807) is 6.92 Å². The first-order valence-corrected chi connectivity index (χ1v) is 5.91. The molecule has 0 saturated carbocycles. The highest BCUT2D eigenvalue weighted by Gasteiger charge is 2.44. The lowest BCUT2D eigenvalue weighted by molar-refractivity contribution is -0.144. The summed E-state index contributed by atoms with van der Waals surface area (Å²) in [6.07, 6.45) is 1.73. The lowest BCUT2D eigenvalue weighted by Gasteiger charge is -2.23. The fourth-order valence-electron chi connectivity index (χ4n) is 1.63. The quantitative estimate of drug-likeness (QED) is 0.818. The molecule has 1 fully saturated rings. The van der Waals surface area contributed by atoms with E-state index in [1.165, 1.54) is 17.5 Å². The van der Waals surface area contributed by atoms with Crippen molar-refractivity contribution in [3.63, 3.8) is 0 Å². The summed E-state index contributed by atoms with van der Waals surface area (Å²) in [6.45, 7) is 2.13. The van der Waals surface area contributed by atoms with Crippen LogP contribution in [0.4, 0.5) is 0 Å². The Labute approximate surface area is 102 Å². The van der Waals surface area contributed by atoms with E-state index in [1.807, 2.05) is 0 Å². The Bertz CT molecular complexity index is 451. The minimum atomic E-state index is -1.30. The zero-order valence-corrected chi connectivity index (χ0v) is 10.0. The molecule has 1 amide bonds. The van der Waals surface area contributed by atoms with E-state index in [-0.39, 0.29) is 13.0 Å². The molecule has 0 spiro atoms. The van der Waals surface area contributed by atoms with Gasteiger partial charge in [-0.1, -0.05) is 0 Å². The first kappa shape index (κ1) is 12.0. The number of carboxylic acid groups (broad SMARTS) is 1. The van der Waals surface area contributed by atoms with Crippen molar-refractivity contribution in [2.45, 2.75) is 18.9 Å². The van der Waals surface area contributed by atoms with Crippen LogP contribution in [0, 0.1) is 6.92 Å². The Morgan fingerprint density at radius 1 is 1.65 bits per heavy atom. The molecule has 92 valence electrons. The number of aryl methyl sites for hydroxylation is 1. The first-order chi connectivity index (χ1) is 8.03. The van der Waals surface area contributed by atoms with Crippen LogP contribution in [0.2, 0.25) is 0 Å². The number of carboxylic acids is 1. The van der Waals surface area contributed by atoms with Crippen molar-refractivity contribution in [1.29, 1.82) is 0 Å². The smallest absolute Gasteiger partial charge is 0.331 e. The van der Waals surface area contributed by atoms with Crippen molar-refractivity contribution in [3.8, 4) is 0 Å². The molecule has 0 aliphatic carbocycles. The SMILES string of the molecule is Cc1ncc(C(=O)NC2(C(=O)O)CCOC2)s1. The maximum atomic E-state index is 11.9. The summed E-state index contributed by atoms with van der Waals surface area (Å²) in [5.41, 5.74) is -1.30. The van der Waals surface area contributed by atoms with Gasteiger partial charge in [-0.2, -0.15) is 0 Å². The molecule has 2 heterocycles. The second kappa shape index (κ2) is 4.42. The highest BCUT2D eigenvalue weighted by atomic mass is 32.1. The predicted octanol–water partition coefficient (Wildman–Crippen LogP) is 0.425. The van der Waals surface area contributed by atoms with Crippen molar-refractivity contribution >= 4 is 23.2 Å².